The number of hydrogen-bond donors (Lipinski definition) is 3. The van der Waals surface area contributed by atoms with Gasteiger partial charge in [-0.3, -0.25) is 14.2 Å². The van der Waals surface area contributed by atoms with Crippen LogP contribution in [0.15, 0.2) is 40.1 Å². The molecule has 160 valence electrons. The Morgan fingerprint density at radius 1 is 1.23 bits per heavy atom. The van der Waals surface area contributed by atoms with Crippen LogP contribution in [0, 0.1) is 9.39 Å². The zero-order valence-electron chi connectivity index (χ0n) is 16.4. The third-order valence-electron chi connectivity index (χ3n) is 4.60. The molecule has 0 radical (unpaired) electrons. The van der Waals surface area contributed by atoms with E-state index in [4.69, 9.17) is 9.84 Å². The summed E-state index contributed by atoms with van der Waals surface area (Å²) in [5, 5.41) is 21.7. The zero-order valence-corrected chi connectivity index (χ0v) is 18.5. The predicted molar refractivity (Wildman–Crippen MR) is 120 cm³/mol. The predicted octanol–water partition coefficient (Wildman–Crippen LogP) is 1.85. The largest absolute Gasteiger partial charge is 0.485 e. The van der Waals surface area contributed by atoms with Crippen molar-refractivity contribution < 1.29 is 19.3 Å². The molecule has 10 heteroatoms. The number of aliphatic hydroxyl groups excluding tert-OH is 2. The summed E-state index contributed by atoms with van der Waals surface area (Å²) in [5.74, 6) is -0.557. The lowest BCUT2D eigenvalue weighted by molar-refractivity contribution is 0.0815. The van der Waals surface area contributed by atoms with Crippen molar-refractivity contribution in [2.24, 2.45) is 14.1 Å². The van der Waals surface area contributed by atoms with Crippen molar-refractivity contribution >= 4 is 45.0 Å². The molecule has 8 nitrogen and oxygen atoms in total. The number of fused-ring (bicyclic) bond motifs is 1. The molecule has 0 bridgehead atoms. The molecule has 0 aliphatic rings. The van der Waals surface area contributed by atoms with E-state index in [1.165, 1.54) is 36.0 Å². The van der Waals surface area contributed by atoms with Crippen LogP contribution in [0.1, 0.15) is 6.42 Å². The van der Waals surface area contributed by atoms with Crippen LogP contribution in [0.2, 0.25) is 0 Å². The fourth-order valence-electron chi connectivity index (χ4n) is 3.10. The molecule has 0 saturated carbocycles. The lowest BCUT2D eigenvalue weighted by Crippen LogP contribution is -2.25. The maximum atomic E-state index is 14.4. The first-order valence-electron chi connectivity index (χ1n) is 9.10. The first kappa shape index (κ1) is 22.2. The number of pyridine rings is 2. The molecule has 1 atom stereocenters. The summed E-state index contributed by atoms with van der Waals surface area (Å²) in [5.41, 5.74) is -0.294. The summed E-state index contributed by atoms with van der Waals surface area (Å²) in [7, 11) is 3.18. The van der Waals surface area contributed by atoms with Crippen molar-refractivity contribution in [3.63, 3.8) is 0 Å². The van der Waals surface area contributed by atoms with Crippen molar-refractivity contribution in [1.29, 1.82) is 0 Å². The molecule has 0 aliphatic carbocycles. The van der Waals surface area contributed by atoms with E-state index in [1.807, 2.05) is 22.6 Å². The summed E-state index contributed by atoms with van der Waals surface area (Å²) >= 11 is 1.98. The minimum Gasteiger partial charge on any atom is -0.485 e. The zero-order chi connectivity index (χ0) is 22.0. The van der Waals surface area contributed by atoms with Gasteiger partial charge in [0.1, 0.15) is 18.1 Å². The standard InChI is InChI=1S/C20H21FIN3O5/c1-24-9-16(30-10-12(27)5-6-26)19(29)18-15(8-17(28)25(2)20(18)24)23-14-4-3-11(22)7-13(14)21/h3-4,7-9,12,23,26-27H,5-6,10H2,1-2H3/t12-/m0/s1. The van der Waals surface area contributed by atoms with Gasteiger partial charge >= 0.3 is 0 Å². The Balaban J connectivity index is 2.15. The van der Waals surface area contributed by atoms with E-state index < -0.39 is 17.3 Å². The molecule has 3 N–H and O–H groups in total. The van der Waals surface area contributed by atoms with Gasteiger partial charge < -0.3 is 24.8 Å². The summed E-state index contributed by atoms with van der Waals surface area (Å²) in [6, 6.07) is 5.79. The molecule has 2 heterocycles. The highest BCUT2D eigenvalue weighted by Crippen LogP contribution is 2.26. The Kier molecular flexibility index (Phi) is 6.78. The molecule has 0 aliphatic heterocycles. The molecule has 0 unspecified atom stereocenters. The van der Waals surface area contributed by atoms with Crippen LogP contribution >= 0.6 is 22.6 Å². The molecule has 0 amide bonds. The second kappa shape index (κ2) is 9.14. The smallest absolute Gasteiger partial charge is 0.253 e. The number of benzene rings is 1. The number of aromatic nitrogens is 2. The topological polar surface area (TPSA) is 106 Å². The van der Waals surface area contributed by atoms with Gasteiger partial charge in [-0.15, -0.1) is 0 Å². The van der Waals surface area contributed by atoms with E-state index in [0.29, 0.717) is 9.22 Å². The number of anilines is 2. The fourth-order valence-corrected chi connectivity index (χ4v) is 3.55. The Hall–Kier alpha value is -2.44. The highest BCUT2D eigenvalue weighted by Gasteiger charge is 2.18. The van der Waals surface area contributed by atoms with Gasteiger partial charge in [0.05, 0.1) is 29.1 Å². The van der Waals surface area contributed by atoms with Gasteiger partial charge in [0, 0.05) is 30.3 Å². The summed E-state index contributed by atoms with van der Waals surface area (Å²) in [6.45, 7) is -0.389. The highest BCUT2D eigenvalue weighted by atomic mass is 127. The van der Waals surface area contributed by atoms with E-state index >= 15 is 0 Å². The van der Waals surface area contributed by atoms with Gasteiger partial charge in [-0.05, 0) is 47.2 Å². The first-order valence-corrected chi connectivity index (χ1v) is 10.2. The fraction of sp³-hybridized carbons (Fsp3) is 0.300. The molecule has 2 aromatic heterocycles. The summed E-state index contributed by atoms with van der Waals surface area (Å²) in [4.78, 5) is 25.6. The van der Waals surface area contributed by atoms with E-state index in [9.17, 15) is 19.1 Å². The molecular weight excluding hydrogens is 508 g/mol. The van der Waals surface area contributed by atoms with Crippen molar-refractivity contribution in [3.05, 3.63) is 60.4 Å². The van der Waals surface area contributed by atoms with Crippen LogP contribution in [-0.4, -0.2) is 38.7 Å². The number of halogens is 2. The first-order chi connectivity index (χ1) is 14.2. The Morgan fingerprint density at radius 2 is 1.97 bits per heavy atom. The molecule has 30 heavy (non-hydrogen) atoms. The van der Waals surface area contributed by atoms with Crippen molar-refractivity contribution in [2.45, 2.75) is 12.5 Å². The number of aryl methyl sites for hydroxylation is 2. The maximum absolute atomic E-state index is 14.4. The summed E-state index contributed by atoms with van der Waals surface area (Å²) < 4.78 is 23.4. The van der Waals surface area contributed by atoms with E-state index in [2.05, 4.69) is 5.32 Å². The third-order valence-corrected chi connectivity index (χ3v) is 5.27. The van der Waals surface area contributed by atoms with Crippen molar-refractivity contribution in [1.82, 2.24) is 9.13 Å². The van der Waals surface area contributed by atoms with Gasteiger partial charge in [-0.2, -0.15) is 0 Å². The van der Waals surface area contributed by atoms with Gasteiger partial charge in [-0.1, -0.05) is 0 Å². The second-order valence-corrected chi connectivity index (χ2v) is 8.06. The van der Waals surface area contributed by atoms with Crippen LogP contribution < -0.4 is 21.0 Å². The van der Waals surface area contributed by atoms with E-state index in [1.54, 1.807) is 17.7 Å². The highest BCUT2D eigenvalue weighted by molar-refractivity contribution is 14.1. The SMILES string of the molecule is Cn1cc(OC[C@@H](O)CCO)c(=O)c2c(Nc3ccc(I)cc3F)cc(=O)n(C)c21. The number of hydrogen-bond acceptors (Lipinski definition) is 6. The number of aliphatic hydroxyl groups is 2. The Morgan fingerprint density at radius 3 is 2.63 bits per heavy atom. The maximum Gasteiger partial charge on any atom is 0.253 e. The number of nitrogens with zero attached hydrogens (tertiary/aromatic N) is 2. The van der Waals surface area contributed by atoms with Crippen molar-refractivity contribution in [2.75, 3.05) is 18.5 Å². The average Bonchev–Trinajstić information content (AvgIpc) is 2.68. The minimum absolute atomic E-state index is 0.0354. The van der Waals surface area contributed by atoms with Crippen LogP contribution in [-0.2, 0) is 14.1 Å². The second-order valence-electron chi connectivity index (χ2n) is 6.81. The van der Waals surface area contributed by atoms with Crippen molar-refractivity contribution in [3.8, 4) is 5.75 Å². The quantitative estimate of drug-likeness (QED) is 0.404. The van der Waals surface area contributed by atoms with Crippen LogP contribution in [0.25, 0.3) is 11.0 Å². The molecule has 0 saturated heterocycles. The van der Waals surface area contributed by atoms with Gasteiger partial charge in [0.2, 0.25) is 5.43 Å². The molecule has 0 fully saturated rings. The monoisotopic (exact) mass is 529 g/mol. The Bertz CT molecular complexity index is 1210. The number of rotatable bonds is 7. The van der Waals surface area contributed by atoms with Crippen LogP contribution in [0.4, 0.5) is 15.8 Å². The number of nitrogens with one attached hydrogen (secondary N) is 1. The van der Waals surface area contributed by atoms with Crippen LogP contribution in [0.5, 0.6) is 5.75 Å². The van der Waals surface area contributed by atoms with Gasteiger partial charge in [0.25, 0.3) is 5.56 Å². The average molecular weight is 529 g/mol. The Labute approximate surface area is 184 Å². The molecular formula is C20H21FIN3O5. The van der Waals surface area contributed by atoms with Gasteiger partial charge in [-0.25, -0.2) is 4.39 Å². The van der Waals surface area contributed by atoms with E-state index in [-0.39, 0.29) is 47.7 Å². The lowest BCUT2D eigenvalue weighted by Gasteiger charge is -2.17. The lowest BCUT2D eigenvalue weighted by atomic mass is 10.2. The number of ether oxygens (including phenoxy) is 1. The minimum atomic E-state index is -0.936. The molecule has 3 rings (SSSR count). The van der Waals surface area contributed by atoms with Gasteiger partial charge in [0.15, 0.2) is 5.75 Å². The van der Waals surface area contributed by atoms with E-state index in [0.717, 1.165) is 0 Å². The summed E-state index contributed by atoms with van der Waals surface area (Å²) in [6.07, 6.45) is 0.598. The normalized spacial score (nSPS) is 12.2. The molecule has 3 aromatic rings. The third kappa shape index (κ3) is 4.50. The van der Waals surface area contributed by atoms with Crippen LogP contribution in [0.3, 0.4) is 0 Å². The molecule has 0 spiro atoms. The molecule has 1 aromatic carbocycles.